The molecular formula is C7H9N5O2. The first kappa shape index (κ1) is 8.70. The molecule has 0 atom stereocenters. The van der Waals surface area contributed by atoms with Gasteiger partial charge in [0.25, 0.3) is 5.56 Å². The second-order valence-corrected chi connectivity index (χ2v) is 2.64. The van der Waals surface area contributed by atoms with Crippen LogP contribution in [0.25, 0.3) is 0 Å². The van der Waals surface area contributed by atoms with E-state index in [0.29, 0.717) is 12.4 Å². The Morgan fingerprint density at radius 2 is 2.50 bits per heavy atom. The Hall–Kier alpha value is -1.89. The number of hydrogen-bond donors (Lipinski definition) is 4. The van der Waals surface area contributed by atoms with Crippen molar-refractivity contribution >= 4 is 23.7 Å². The van der Waals surface area contributed by atoms with Gasteiger partial charge in [-0.3, -0.25) is 9.78 Å². The standard InChI is InChI=1S/C7H9N5O2/c13-3-10-7-11-5-4(6(14)12-7)8-1-2-9-5/h1,13H,2-3H2,(H3,9,10,11,12,14). The highest BCUT2D eigenvalue weighted by molar-refractivity contribution is 5.78. The van der Waals surface area contributed by atoms with Crippen LogP contribution in [0.15, 0.2) is 9.79 Å². The van der Waals surface area contributed by atoms with Crippen molar-refractivity contribution in [3.63, 3.8) is 0 Å². The zero-order valence-electron chi connectivity index (χ0n) is 7.24. The lowest BCUT2D eigenvalue weighted by atomic mass is 10.4. The van der Waals surface area contributed by atoms with Crippen LogP contribution in [0, 0.1) is 0 Å². The normalized spacial score (nSPS) is 13.2. The fourth-order valence-corrected chi connectivity index (χ4v) is 1.15. The van der Waals surface area contributed by atoms with Gasteiger partial charge in [-0.1, -0.05) is 0 Å². The van der Waals surface area contributed by atoms with Crippen LogP contribution >= 0.6 is 0 Å². The van der Waals surface area contributed by atoms with E-state index in [9.17, 15) is 4.79 Å². The van der Waals surface area contributed by atoms with E-state index in [4.69, 9.17) is 5.11 Å². The molecule has 1 aliphatic rings. The lowest BCUT2D eigenvalue weighted by Crippen LogP contribution is -2.19. The maximum atomic E-state index is 11.4. The van der Waals surface area contributed by atoms with Gasteiger partial charge in [0.15, 0.2) is 11.5 Å². The first-order valence-electron chi connectivity index (χ1n) is 4.06. The second kappa shape index (κ2) is 3.46. The zero-order chi connectivity index (χ0) is 9.97. The summed E-state index contributed by atoms with van der Waals surface area (Å²) in [6.45, 7) is 0.257. The highest BCUT2D eigenvalue weighted by Crippen LogP contribution is 2.19. The van der Waals surface area contributed by atoms with E-state index in [-0.39, 0.29) is 23.9 Å². The largest absolute Gasteiger partial charge is 0.376 e. The molecule has 2 heterocycles. The highest BCUT2D eigenvalue weighted by Gasteiger charge is 2.11. The van der Waals surface area contributed by atoms with E-state index in [1.165, 1.54) is 0 Å². The van der Waals surface area contributed by atoms with Crippen LogP contribution in [0.5, 0.6) is 0 Å². The molecular weight excluding hydrogens is 186 g/mol. The minimum Gasteiger partial charge on any atom is -0.376 e. The molecule has 0 unspecified atom stereocenters. The monoisotopic (exact) mass is 195 g/mol. The third kappa shape index (κ3) is 1.44. The van der Waals surface area contributed by atoms with Crippen molar-refractivity contribution in [2.45, 2.75) is 0 Å². The number of fused-ring (bicyclic) bond motifs is 1. The molecule has 0 spiro atoms. The molecule has 7 nitrogen and oxygen atoms in total. The maximum absolute atomic E-state index is 11.4. The van der Waals surface area contributed by atoms with Gasteiger partial charge in [0.1, 0.15) is 6.73 Å². The molecule has 14 heavy (non-hydrogen) atoms. The topological polar surface area (TPSA) is 102 Å². The van der Waals surface area contributed by atoms with Crippen molar-refractivity contribution in [1.29, 1.82) is 0 Å². The van der Waals surface area contributed by atoms with Crippen molar-refractivity contribution in [3.8, 4) is 0 Å². The Bertz CT molecular complexity index is 425. The number of nitrogens with one attached hydrogen (secondary N) is 3. The summed E-state index contributed by atoms with van der Waals surface area (Å²) >= 11 is 0. The number of H-pyrrole nitrogens is 1. The summed E-state index contributed by atoms with van der Waals surface area (Å²) in [7, 11) is 0. The molecule has 1 aliphatic heterocycles. The van der Waals surface area contributed by atoms with Gasteiger partial charge >= 0.3 is 0 Å². The molecule has 0 amide bonds. The molecule has 1 aromatic heterocycles. The molecule has 0 bridgehead atoms. The Morgan fingerprint density at radius 3 is 3.29 bits per heavy atom. The zero-order valence-corrected chi connectivity index (χ0v) is 7.24. The summed E-state index contributed by atoms with van der Waals surface area (Å²) in [6, 6.07) is 0. The summed E-state index contributed by atoms with van der Waals surface area (Å²) in [5.74, 6) is 0.646. The van der Waals surface area contributed by atoms with Crippen LogP contribution in [-0.2, 0) is 0 Å². The number of rotatable bonds is 2. The summed E-state index contributed by atoms with van der Waals surface area (Å²) < 4.78 is 0. The van der Waals surface area contributed by atoms with Crippen LogP contribution in [0.2, 0.25) is 0 Å². The lowest BCUT2D eigenvalue weighted by Gasteiger charge is -2.11. The quantitative estimate of drug-likeness (QED) is 0.465. The van der Waals surface area contributed by atoms with Crippen LogP contribution in [-0.4, -0.2) is 34.6 Å². The van der Waals surface area contributed by atoms with E-state index >= 15 is 0 Å². The highest BCUT2D eigenvalue weighted by atomic mass is 16.3. The average molecular weight is 195 g/mol. The fraction of sp³-hybridized carbons (Fsp3) is 0.286. The molecule has 1 aromatic rings. The van der Waals surface area contributed by atoms with Crippen LogP contribution < -0.4 is 16.2 Å². The molecule has 0 saturated carbocycles. The van der Waals surface area contributed by atoms with Crippen LogP contribution in [0.4, 0.5) is 17.5 Å². The molecule has 0 radical (unpaired) electrons. The third-order valence-corrected chi connectivity index (χ3v) is 1.72. The number of aliphatic hydroxyl groups is 1. The first-order valence-corrected chi connectivity index (χ1v) is 4.06. The Labute approximate surface area is 78.9 Å². The van der Waals surface area contributed by atoms with E-state index in [1.807, 2.05) is 0 Å². The van der Waals surface area contributed by atoms with Gasteiger partial charge in [0.05, 0.1) is 6.54 Å². The molecule has 0 aliphatic carbocycles. The average Bonchev–Trinajstić information content (AvgIpc) is 2.18. The summed E-state index contributed by atoms with van der Waals surface area (Å²) in [4.78, 5) is 21.8. The minimum atomic E-state index is -0.339. The predicted molar refractivity (Wildman–Crippen MR) is 52.2 cm³/mol. The van der Waals surface area contributed by atoms with Crippen molar-refractivity contribution < 1.29 is 5.11 Å². The molecule has 0 fully saturated rings. The van der Waals surface area contributed by atoms with Crippen molar-refractivity contribution in [3.05, 3.63) is 10.4 Å². The third-order valence-electron chi connectivity index (χ3n) is 1.72. The lowest BCUT2D eigenvalue weighted by molar-refractivity contribution is 0.324. The molecule has 74 valence electrons. The number of aromatic amines is 1. The molecule has 0 saturated heterocycles. The minimum absolute atomic E-state index is 0.223. The van der Waals surface area contributed by atoms with Crippen LogP contribution in [0.1, 0.15) is 0 Å². The SMILES string of the molecule is O=c1[nH]c(NCO)nc2c1N=CCN2. The molecule has 2 rings (SSSR count). The van der Waals surface area contributed by atoms with Crippen molar-refractivity contribution in [2.24, 2.45) is 4.99 Å². The number of nitrogens with zero attached hydrogens (tertiary/aromatic N) is 2. The number of hydrogen-bond acceptors (Lipinski definition) is 6. The molecule has 4 N–H and O–H groups in total. The smallest absolute Gasteiger partial charge is 0.280 e. The van der Waals surface area contributed by atoms with E-state index in [2.05, 4.69) is 25.6 Å². The first-order chi connectivity index (χ1) is 6.81. The van der Waals surface area contributed by atoms with E-state index in [0.717, 1.165) is 0 Å². The van der Waals surface area contributed by atoms with E-state index in [1.54, 1.807) is 6.21 Å². The Kier molecular flexibility index (Phi) is 2.15. The van der Waals surface area contributed by atoms with Gasteiger partial charge in [0, 0.05) is 6.21 Å². The predicted octanol–water partition coefficient (Wildman–Crippen LogP) is -0.741. The molecule has 0 aromatic carbocycles. The van der Waals surface area contributed by atoms with Gasteiger partial charge in [-0.25, -0.2) is 4.99 Å². The summed E-state index contributed by atoms with van der Waals surface area (Å²) in [5.41, 5.74) is -0.0749. The fourth-order valence-electron chi connectivity index (χ4n) is 1.15. The number of aliphatic imine (C=N–C) groups is 1. The van der Waals surface area contributed by atoms with Crippen LogP contribution in [0.3, 0.4) is 0 Å². The van der Waals surface area contributed by atoms with Gasteiger partial charge in [-0.15, -0.1) is 0 Å². The van der Waals surface area contributed by atoms with Gasteiger partial charge in [0.2, 0.25) is 5.95 Å². The Balaban J connectivity index is 2.48. The molecule has 7 heteroatoms. The van der Waals surface area contributed by atoms with E-state index < -0.39 is 0 Å². The van der Waals surface area contributed by atoms with Gasteiger partial charge < -0.3 is 15.7 Å². The number of aliphatic hydroxyl groups excluding tert-OH is 1. The Morgan fingerprint density at radius 1 is 1.64 bits per heavy atom. The maximum Gasteiger partial charge on any atom is 0.280 e. The van der Waals surface area contributed by atoms with Crippen molar-refractivity contribution in [2.75, 3.05) is 23.9 Å². The number of anilines is 2. The van der Waals surface area contributed by atoms with Gasteiger partial charge in [-0.05, 0) is 0 Å². The van der Waals surface area contributed by atoms with Crippen molar-refractivity contribution in [1.82, 2.24) is 9.97 Å². The number of aromatic nitrogens is 2. The second-order valence-electron chi connectivity index (χ2n) is 2.64. The summed E-state index contributed by atoms with van der Waals surface area (Å²) in [6.07, 6.45) is 1.60. The summed E-state index contributed by atoms with van der Waals surface area (Å²) in [5, 5.41) is 14.0. The van der Waals surface area contributed by atoms with Gasteiger partial charge in [-0.2, -0.15) is 4.98 Å².